The third kappa shape index (κ3) is 5.91. The van der Waals surface area contributed by atoms with Crippen LogP contribution >= 0.6 is 0 Å². The van der Waals surface area contributed by atoms with Gasteiger partial charge in [0.1, 0.15) is 6.04 Å². The Kier molecular flexibility index (Phi) is 8.34. The topological polar surface area (TPSA) is 93.7 Å². The van der Waals surface area contributed by atoms with E-state index in [2.05, 4.69) is 10.6 Å². The number of carbonyl (C=O) groups excluding carboxylic acids is 3. The molecule has 0 spiro atoms. The molecule has 0 saturated heterocycles. The summed E-state index contributed by atoms with van der Waals surface area (Å²) in [4.78, 5) is 36.2. The highest BCUT2D eigenvalue weighted by atomic mass is 16.6. The first-order valence-electron chi connectivity index (χ1n) is 8.49. The van der Waals surface area contributed by atoms with Gasteiger partial charge in [0, 0.05) is 11.9 Å². The van der Waals surface area contributed by atoms with Crippen molar-refractivity contribution in [1.82, 2.24) is 5.32 Å². The van der Waals surface area contributed by atoms with Crippen LogP contribution in [0.4, 0.5) is 5.69 Å². The highest BCUT2D eigenvalue weighted by Crippen LogP contribution is 2.19. The van der Waals surface area contributed by atoms with Gasteiger partial charge >= 0.3 is 11.9 Å². The van der Waals surface area contributed by atoms with Crippen molar-refractivity contribution in [3.63, 3.8) is 0 Å². The van der Waals surface area contributed by atoms with Gasteiger partial charge in [-0.05, 0) is 45.7 Å². The summed E-state index contributed by atoms with van der Waals surface area (Å²) in [6.07, 6.45) is 1.16. The molecule has 0 radical (unpaired) electrons. The third-order valence-corrected chi connectivity index (χ3v) is 3.59. The molecule has 0 aliphatic heterocycles. The Morgan fingerprint density at radius 3 is 2.00 bits per heavy atom. The van der Waals surface area contributed by atoms with Crippen molar-refractivity contribution >= 4 is 23.5 Å². The molecule has 1 atom stereocenters. The Labute approximate surface area is 153 Å². The summed E-state index contributed by atoms with van der Waals surface area (Å²) in [7, 11) is 0. The van der Waals surface area contributed by atoms with E-state index in [1.165, 1.54) is 0 Å². The number of amides is 1. The summed E-state index contributed by atoms with van der Waals surface area (Å²) in [6, 6.07) is 5.03. The number of para-hydroxylation sites is 1. The Hall–Kier alpha value is -2.83. The van der Waals surface area contributed by atoms with E-state index in [-0.39, 0.29) is 24.7 Å². The number of ether oxygens (including phenoxy) is 2. The maximum absolute atomic E-state index is 12.4. The van der Waals surface area contributed by atoms with Crippen LogP contribution in [0.1, 0.15) is 31.9 Å². The Balaban J connectivity index is 2.86. The molecule has 0 heterocycles. The van der Waals surface area contributed by atoms with Crippen LogP contribution in [-0.2, 0) is 23.9 Å². The minimum Gasteiger partial charge on any atom is -0.462 e. The van der Waals surface area contributed by atoms with Gasteiger partial charge in [0.2, 0.25) is 5.91 Å². The smallest absolute Gasteiger partial charge is 0.347 e. The molecule has 0 bridgehead atoms. The first kappa shape index (κ1) is 21.2. The van der Waals surface area contributed by atoms with Gasteiger partial charge in [-0.3, -0.25) is 4.79 Å². The van der Waals surface area contributed by atoms with Crippen LogP contribution in [0, 0.1) is 13.8 Å². The highest BCUT2D eigenvalue weighted by Gasteiger charge is 2.22. The average Bonchev–Trinajstić information content (AvgIpc) is 2.58. The molecular formula is C19H26N2O5. The number of aryl methyl sites for hydroxylation is 2. The summed E-state index contributed by atoms with van der Waals surface area (Å²) >= 11 is 0. The molecule has 7 heteroatoms. The number of nitrogens with one attached hydrogen (secondary N) is 2. The van der Waals surface area contributed by atoms with Crippen LogP contribution in [0.2, 0.25) is 0 Å². The zero-order chi connectivity index (χ0) is 19.7. The predicted molar refractivity (Wildman–Crippen MR) is 98.5 cm³/mol. The molecule has 0 aliphatic carbocycles. The van der Waals surface area contributed by atoms with Gasteiger partial charge in [0.05, 0.1) is 13.2 Å². The number of esters is 2. The fourth-order valence-electron chi connectivity index (χ4n) is 2.15. The molecule has 1 rings (SSSR count). The first-order valence-corrected chi connectivity index (χ1v) is 8.49. The lowest BCUT2D eigenvalue weighted by Gasteiger charge is -2.16. The second kappa shape index (κ2) is 10.2. The minimum atomic E-state index is -0.805. The fraction of sp³-hybridized carbons (Fsp3) is 0.421. The van der Waals surface area contributed by atoms with Crippen molar-refractivity contribution in [3.05, 3.63) is 41.1 Å². The second-order valence-electron chi connectivity index (χ2n) is 5.64. The van der Waals surface area contributed by atoms with E-state index < -0.39 is 18.0 Å². The molecule has 1 aromatic carbocycles. The van der Waals surface area contributed by atoms with Crippen LogP contribution in [0.5, 0.6) is 0 Å². The van der Waals surface area contributed by atoms with E-state index in [0.717, 1.165) is 23.0 Å². The van der Waals surface area contributed by atoms with Gasteiger partial charge in [-0.2, -0.15) is 0 Å². The van der Waals surface area contributed by atoms with E-state index >= 15 is 0 Å². The molecule has 0 aliphatic rings. The van der Waals surface area contributed by atoms with E-state index in [4.69, 9.17) is 9.47 Å². The molecule has 1 aromatic rings. The summed E-state index contributed by atoms with van der Waals surface area (Å²) in [6.45, 7) is 8.94. The molecule has 0 saturated carbocycles. The molecule has 26 heavy (non-hydrogen) atoms. The molecule has 1 amide bonds. The predicted octanol–water partition coefficient (Wildman–Crippen LogP) is 2.23. The van der Waals surface area contributed by atoms with Gasteiger partial charge in [0.25, 0.3) is 0 Å². The van der Waals surface area contributed by atoms with E-state index in [1.807, 2.05) is 32.0 Å². The zero-order valence-corrected chi connectivity index (χ0v) is 15.8. The monoisotopic (exact) mass is 362 g/mol. The Bertz CT molecular complexity index is 657. The quantitative estimate of drug-likeness (QED) is 0.319. The number of carbonyl (C=O) groups is 3. The molecular weight excluding hydrogens is 336 g/mol. The SMILES string of the molecule is CCOC(=O)C(=CN[C@H](C)C(=O)Nc1c(C)cccc1C)C(=O)OCC. The Morgan fingerprint density at radius 2 is 1.54 bits per heavy atom. The summed E-state index contributed by atoms with van der Waals surface area (Å²) in [5.41, 5.74) is 2.34. The largest absolute Gasteiger partial charge is 0.462 e. The van der Waals surface area contributed by atoms with Crippen LogP contribution < -0.4 is 10.6 Å². The number of rotatable bonds is 8. The third-order valence-electron chi connectivity index (χ3n) is 3.59. The molecule has 142 valence electrons. The first-order chi connectivity index (χ1) is 12.3. The van der Waals surface area contributed by atoms with Crippen LogP contribution in [0.25, 0.3) is 0 Å². The summed E-state index contributed by atoms with van der Waals surface area (Å²) < 4.78 is 9.69. The number of hydrogen-bond acceptors (Lipinski definition) is 6. The Morgan fingerprint density at radius 1 is 1.04 bits per heavy atom. The lowest BCUT2D eigenvalue weighted by molar-refractivity contribution is -0.146. The molecule has 2 N–H and O–H groups in total. The van der Waals surface area contributed by atoms with Crippen LogP contribution in [-0.4, -0.2) is 37.1 Å². The van der Waals surface area contributed by atoms with Crippen molar-refractivity contribution in [3.8, 4) is 0 Å². The van der Waals surface area contributed by atoms with Crippen LogP contribution in [0.3, 0.4) is 0 Å². The van der Waals surface area contributed by atoms with Crippen molar-refractivity contribution in [1.29, 1.82) is 0 Å². The van der Waals surface area contributed by atoms with E-state index in [9.17, 15) is 14.4 Å². The van der Waals surface area contributed by atoms with Crippen molar-refractivity contribution in [2.75, 3.05) is 18.5 Å². The second-order valence-corrected chi connectivity index (χ2v) is 5.64. The van der Waals surface area contributed by atoms with Gasteiger partial charge < -0.3 is 20.1 Å². The van der Waals surface area contributed by atoms with Crippen molar-refractivity contribution < 1.29 is 23.9 Å². The molecule has 7 nitrogen and oxygen atoms in total. The normalized spacial score (nSPS) is 11.1. The molecule has 0 aromatic heterocycles. The number of hydrogen-bond donors (Lipinski definition) is 2. The lowest BCUT2D eigenvalue weighted by atomic mass is 10.1. The van der Waals surface area contributed by atoms with Gasteiger partial charge in [-0.15, -0.1) is 0 Å². The summed E-state index contributed by atoms with van der Waals surface area (Å²) in [5, 5.41) is 5.59. The number of anilines is 1. The zero-order valence-electron chi connectivity index (χ0n) is 15.8. The number of benzene rings is 1. The maximum Gasteiger partial charge on any atom is 0.347 e. The molecule has 0 unspecified atom stereocenters. The van der Waals surface area contributed by atoms with Crippen molar-refractivity contribution in [2.45, 2.75) is 40.7 Å². The minimum absolute atomic E-state index is 0.123. The average molecular weight is 362 g/mol. The fourth-order valence-corrected chi connectivity index (χ4v) is 2.15. The van der Waals surface area contributed by atoms with E-state index in [0.29, 0.717) is 0 Å². The lowest BCUT2D eigenvalue weighted by Crippen LogP contribution is -2.36. The standard InChI is InChI=1S/C19H26N2O5/c1-6-25-18(23)15(19(24)26-7-2)11-20-14(5)17(22)21-16-12(3)9-8-10-13(16)4/h8-11,14,20H,6-7H2,1-5H3,(H,21,22)/t14-/m1/s1. The van der Waals surface area contributed by atoms with Gasteiger partial charge in [-0.25, -0.2) is 9.59 Å². The maximum atomic E-state index is 12.4. The summed E-state index contributed by atoms with van der Waals surface area (Å²) in [5.74, 6) is -1.91. The van der Waals surface area contributed by atoms with E-state index in [1.54, 1.807) is 20.8 Å². The van der Waals surface area contributed by atoms with Crippen molar-refractivity contribution in [2.24, 2.45) is 0 Å². The highest BCUT2D eigenvalue weighted by molar-refractivity contribution is 6.14. The molecule has 0 fully saturated rings. The van der Waals surface area contributed by atoms with Gasteiger partial charge in [0.15, 0.2) is 5.57 Å². The van der Waals surface area contributed by atoms with Gasteiger partial charge in [-0.1, -0.05) is 18.2 Å². The van der Waals surface area contributed by atoms with Crippen LogP contribution in [0.15, 0.2) is 30.0 Å².